The van der Waals surface area contributed by atoms with Crippen molar-refractivity contribution in [1.29, 1.82) is 0 Å². The summed E-state index contributed by atoms with van der Waals surface area (Å²) in [7, 11) is 0. The minimum Gasteiger partial charge on any atom is -0.394 e. The Morgan fingerprint density at radius 2 is 1.89 bits per heavy atom. The summed E-state index contributed by atoms with van der Waals surface area (Å²) in [6.45, 7) is 4.53. The number of Topliss-reactive ketones (excluding diaryl/α,β-unsaturated/α-hetero) is 1. The van der Waals surface area contributed by atoms with E-state index in [-0.39, 0.29) is 18.8 Å². The Bertz CT molecular complexity index is 328. The maximum atomic E-state index is 11.3. The molecular formula is C12H20O7. The number of aliphatic hydroxyl groups excluding tert-OH is 4. The van der Waals surface area contributed by atoms with Gasteiger partial charge in [-0.15, -0.1) is 0 Å². The van der Waals surface area contributed by atoms with Gasteiger partial charge in [-0.25, -0.2) is 0 Å². The normalized spacial score (nSPS) is 35.1. The number of rotatable bonds is 6. The first-order chi connectivity index (χ1) is 8.88. The maximum absolute atomic E-state index is 11.3. The smallest absolute Gasteiger partial charge is 0.186 e. The molecular weight excluding hydrogens is 256 g/mol. The first-order valence-corrected chi connectivity index (χ1v) is 5.99. The van der Waals surface area contributed by atoms with E-state index in [1.54, 1.807) is 6.92 Å². The van der Waals surface area contributed by atoms with Crippen molar-refractivity contribution >= 4 is 5.78 Å². The summed E-state index contributed by atoms with van der Waals surface area (Å²) in [6, 6.07) is 0. The summed E-state index contributed by atoms with van der Waals surface area (Å²) in [4.78, 5) is 11.3. The number of carbonyl (C=O) groups excluding carboxylic acids is 1. The van der Waals surface area contributed by atoms with Gasteiger partial charge in [-0.2, -0.15) is 0 Å². The standard InChI is InChI=1S/C12H20O7/c1-6(2)7(14)3-4-18-12-11(17)10(16)9(15)8(5-13)19-12/h8-13,15-17H,1,3-5H2,2H3/t8-,9-,10+,11-,12?/m1/s1. The Morgan fingerprint density at radius 3 is 2.42 bits per heavy atom. The molecule has 0 bridgehead atoms. The molecule has 0 spiro atoms. The average molecular weight is 276 g/mol. The summed E-state index contributed by atoms with van der Waals surface area (Å²) in [5, 5.41) is 37.7. The number of aliphatic hydroxyl groups is 4. The number of allylic oxidation sites excluding steroid dienone is 1. The third-order valence-electron chi connectivity index (χ3n) is 2.94. The maximum Gasteiger partial charge on any atom is 0.186 e. The lowest BCUT2D eigenvalue weighted by Gasteiger charge is -2.39. The first-order valence-electron chi connectivity index (χ1n) is 5.99. The highest BCUT2D eigenvalue weighted by Gasteiger charge is 2.43. The Balaban J connectivity index is 2.48. The van der Waals surface area contributed by atoms with Crippen LogP contribution < -0.4 is 0 Å². The van der Waals surface area contributed by atoms with Gasteiger partial charge in [0.1, 0.15) is 24.4 Å². The second-order valence-corrected chi connectivity index (χ2v) is 4.52. The summed E-state index contributed by atoms with van der Waals surface area (Å²) in [5.74, 6) is -0.176. The van der Waals surface area contributed by atoms with Crippen molar-refractivity contribution in [3.8, 4) is 0 Å². The van der Waals surface area contributed by atoms with Crippen molar-refractivity contribution in [2.24, 2.45) is 0 Å². The third-order valence-corrected chi connectivity index (χ3v) is 2.94. The van der Waals surface area contributed by atoms with Gasteiger partial charge in [0.2, 0.25) is 0 Å². The predicted octanol–water partition coefficient (Wildman–Crippen LogP) is -1.66. The molecule has 0 aromatic rings. The van der Waals surface area contributed by atoms with E-state index in [0.717, 1.165) is 0 Å². The van der Waals surface area contributed by atoms with Gasteiger partial charge >= 0.3 is 0 Å². The van der Waals surface area contributed by atoms with Crippen LogP contribution >= 0.6 is 0 Å². The van der Waals surface area contributed by atoms with Gasteiger partial charge in [0.25, 0.3) is 0 Å². The van der Waals surface area contributed by atoms with Crippen molar-refractivity contribution in [3.63, 3.8) is 0 Å². The number of carbonyl (C=O) groups is 1. The number of hydrogen-bond donors (Lipinski definition) is 4. The Morgan fingerprint density at radius 1 is 1.26 bits per heavy atom. The predicted molar refractivity (Wildman–Crippen MR) is 64.2 cm³/mol. The number of hydrogen-bond acceptors (Lipinski definition) is 7. The van der Waals surface area contributed by atoms with Crippen LogP contribution in [0.2, 0.25) is 0 Å². The summed E-state index contributed by atoms with van der Waals surface area (Å²) in [5.41, 5.74) is 0.400. The zero-order valence-corrected chi connectivity index (χ0v) is 10.7. The molecule has 1 rings (SSSR count). The second kappa shape index (κ2) is 7.09. The zero-order valence-electron chi connectivity index (χ0n) is 10.7. The molecule has 0 radical (unpaired) electrons. The van der Waals surface area contributed by atoms with Gasteiger partial charge in [0.05, 0.1) is 13.2 Å². The molecule has 0 saturated carbocycles. The monoisotopic (exact) mass is 276 g/mol. The lowest BCUT2D eigenvalue weighted by Crippen LogP contribution is -2.59. The van der Waals surface area contributed by atoms with Crippen LogP contribution in [0.4, 0.5) is 0 Å². The fourth-order valence-corrected chi connectivity index (χ4v) is 1.69. The minimum atomic E-state index is -1.48. The van der Waals surface area contributed by atoms with Crippen LogP contribution in [-0.4, -0.2) is 70.1 Å². The van der Waals surface area contributed by atoms with Gasteiger partial charge in [-0.3, -0.25) is 4.79 Å². The van der Waals surface area contributed by atoms with Crippen LogP contribution in [-0.2, 0) is 14.3 Å². The molecule has 4 N–H and O–H groups in total. The van der Waals surface area contributed by atoms with Crippen LogP contribution in [0.1, 0.15) is 13.3 Å². The molecule has 1 aliphatic heterocycles. The molecule has 1 saturated heterocycles. The van der Waals surface area contributed by atoms with Gasteiger partial charge in [0, 0.05) is 6.42 Å². The molecule has 7 heteroatoms. The number of ketones is 1. The molecule has 1 aliphatic rings. The van der Waals surface area contributed by atoms with E-state index in [1.165, 1.54) is 0 Å². The fourth-order valence-electron chi connectivity index (χ4n) is 1.69. The van der Waals surface area contributed by atoms with E-state index in [0.29, 0.717) is 5.57 Å². The quantitative estimate of drug-likeness (QED) is 0.429. The molecule has 1 unspecified atom stereocenters. The summed E-state index contributed by atoms with van der Waals surface area (Å²) < 4.78 is 10.3. The Kier molecular flexibility index (Phi) is 6.05. The van der Waals surface area contributed by atoms with Crippen LogP contribution in [0.25, 0.3) is 0 Å². The lowest BCUT2D eigenvalue weighted by atomic mass is 9.99. The molecule has 0 aromatic heterocycles. The topological polar surface area (TPSA) is 116 Å². The van der Waals surface area contributed by atoms with Crippen molar-refractivity contribution in [3.05, 3.63) is 12.2 Å². The second-order valence-electron chi connectivity index (χ2n) is 4.52. The van der Waals surface area contributed by atoms with Gasteiger partial charge < -0.3 is 29.9 Å². The number of ether oxygens (including phenoxy) is 2. The first kappa shape index (κ1) is 16.2. The van der Waals surface area contributed by atoms with E-state index >= 15 is 0 Å². The highest BCUT2D eigenvalue weighted by Crippen LogP contribution is 2.22. The molecule has 19 heavy (non-hydrogen) atoms. The minimum absolute atomic E-state index is 0.0195. The molecule has 0 amide bonds. The van der Waals surface area contributed by atoms with E-state index in [4.69, 9.17) is 14.6 Å². The Labute approximate surface area is 111 Å². The van der Waals surface area contributed by atoms with E-state index in [2.05, 4.69) is 6.58 Å². The van der Waals surface area contributed by atoms with Crippen molar-refractivity contribution in [2.45, 2.75) is 44.1 Å². The van der Waals surface area contributed by atoms with E-state index in [1.807, 2.05) is 0 Å². The zero-order chi connectivity index (χ0) is 14.6. The van der Waals surface area contributed by atoms with Crippen molar-refractivity contribution in [1.82, 2.24) is 0 Å². The van der Waals surface area contributed by atoms with Crippen molar-refractivity contribution in [2.75, 3.05) is 13.2 Å². The third kappa shape index (κ3) is 4.07. The lowest BCUT2D eigenvalue weighted by molar-refractivity contribution is -0.300. The molecule has 1 heterocycles. The SMILES string of the molecule is C=C(C)C(=O)CCOC1O[C@H](CO)[C@@H](O)[C@H](O)[C@H]1O. The van der Waals surface area contributed by atoms with Gasteiger partial charge in [-0.1, -0.05) is 6.58 Å². The summed E-state index contributed by atoms with van der Waals surface area (Å²) in [6.07, 6.45) is -6.49. The highest BCUT2D eigenvalue weighted by molar-refractivity contribution is 5.94. The molecule has 7 nitrogen and oxygen atoms in total. The van der Waals surface area contributed by atoms with Gasteiger partial charge in [0.15, 0.2) is 12.1 Å². The molecule has 110 valence electrons. The van der Waals surface area contributed by atoms with Crippen LogP contribution in [0.3, 0.4) is 0 Å². The van der Waals surface area contributed by atoms with Crippen LogP contribution in [0.15, 0.2) is 12.2 Å². The van der Waals surface area contributed by atoms with E-state index in [9.17, 15) is 20.1 Å². The average Bonchev–Trinajstić information content (AvgIpc) is 2.38. The molecule has 0 aromatic carbocycles. The fraction of sp³-hybridized carbons (Fsp3) is 0.750. The van der Waals surface area contributed by atoms with Crippen LogP contribution in [0, 0.1) is 0 Å². The summed E-state index contributed by atoms with van der Waals surface area (Å²) >= 11 is 0. The van der Waals surface area contributed by atoms with Crippen LogP contribution in [0.5, 0.6) is 0 Å². The van der Waals surface area contributed by atoms with Crippen molar-refractivity contribution < 1.29 is 34.7 Å². The largest absolute Gasteiger partial charge is 0.394 e. The van der Waals surface area contributed by atoms with E-state index < -0.39 is 37.3 Å². The molecule has 5 atom stereocenters. The molecule has 0 aliphatic carbocycles. The molecule has 1 fully saturated rings. The highest BCUT2D eigenvalue weighted by atomic mass is 16.7. The van der Waals surface area contributed by atoms with Gasteiger partial charge in [-0.05, 0) is 12.5 Å². The Hall–Kier alpha value is -0.830.